The highest BCUT2D eigenvalue weighted by Gasteiger charge is 2.50. The Labute approximate surface area is 108 Å². The van der Waals surface area contributed by atoms with Gasteiger partial charge in [0.1, 0.15) is 5.82 Å². The van der Waals surface area contributed by atoms with Gasteiger partial charge >= 0.3 is 0 Å². The number of pyridine rings is 1. The highest BCUT2D eigenvalue weighted by Crippen LogP contribution is 2.58. The molecule has 3 aliphatic carbocycles. The molecule has 1 aromatic heterocycles. The number of allylic oxidation sites excluding steroid dienone is 2. The second kappa shape index (κ2) is 4.23. The van der Waals surface area contributed by atoms with Crippen molar-refractivity contribution in [3.63, 3.8) is 0 Å². The summed E-state index contributed by atoms with van der Waals surface area (Å²) in [6.45, 7) is 4.75. The molecule has 2 atom stereocenters. The molecule has 2 unspecified atom stereocenters. The molecule has 94 valence electrons. The maximum atomic E-state index is 4.30. The molecule has 1 N–H and O–H groups in total. The van der Waals surface area contributed by atoms with Crippen molar-refractivity contribution in [2.45, 2.75) is 26.7 Å². The molecule has 0 aliphatic heterocycles. The van der Waals surface area contributed by atoms with Crippen molar-refractivity contribution in [3.05, 3.63) is 36.0 Å². The van der Waals surface area contributed by atoms with Gasteiger partial charge in [-0.15, -0.1) is 0 Å². The Hall–Kier alpha value is -1.64. The van der Waals surface area contributed by atoms with E-state index in [0.717, 1.165) is 11.7 Å². The van der Waals surface area contributed by atoms with E-state index in [-0.39, 0.29) is 0 Å². The predicted octanol–water partition coefficient (Wildman–Crippen LogP) is 3.47. The summed E-state index contributed by atoms with van der Waals surface area (Å²) in [5.41, 5.74) is 4.81. The molecule has 18 heavy (non-hydrogen) atoms. The van der Waals surface area contributed by atoms with Crippen molar-refractivity contribution in [1.29, 1.82) is 0 Å². The Bertz CT molecular complexity index is 488. The van der Waals surface area contributed by atoms with E-state index >= 15 is 0 Å². The third-order valence-electron chi connectivity index (χ3n) is 4.57. The number of anilines is 1. The number of nitrogens with zero attached hydrogens (tertiary/aromatic N) is 2. The van der Waals surface area contributed by atoms with Crippen molar-refractivity contribution >= 4 is 12.0 Å². The minimum atomic E-state index is 0.459. The molecular weight excluding hydrogens is 222 g/mol. The molecule has 0 saturated heterocycles. The molecule has 1 saturated carbocycles. The summed E-state index contributed by atoms with van der Waals surface area (Å²) in [5.74, 6) is 2.35. The summed E-state index contributed by atoms with van der Waals surface area (Å²) in [6, 6.07) is 5.76. The van der Waals surface area contributed by atoms with E-state index in [2.05, 4.69) is 35.4 Å². The topological polar surface area (TPSA) is 37.3 Å². The Morgan fingerprint density at radius 3 is 3.00 bits per heavy atom. The third kappa shape index (κ3) is 1.84. The van der Waals surface area contributed by atoms with Crippen LogP contribution in [0.2, 0.25) is 0 Å². The standard InChI is InChI=1S/C15H19N3/c1-15(2)12-7-6-11(13(15)9-12)10-17-18-14-5-3-4-8-16-14/h3-6,8,10,12-13H,7,9H2,1-2H3,(H,16,18)/b17-10+. The fraction of sp³-hybridized carbons (Fsp3) is 0.467. The fourth-order valence-electron chi connectivity index (χ4n) is 3.15. The molecule has 0 amide bonds. The SMILES string of the molecule is CC1(C)C2CC=C(/C=N/Nc3ccccn3)C1C2. The fourth-order valence-corrected chi connectivity index (χ4v) is 3.15. The number of fused-ring (bicyclic) bond motifs is 1. The lowest BCUT2D eigenvalue weighted by Gasteiger charge is -2.55. The predicted molar refractivity (Wildman–Crippen MR) is 74.4 cm³/mol. The largest absolute Gasteiger partial charge is 0.261 e. The van der Waals surface area contributed by atoms with Crippen LogP contribution in [-0.2, 0) is 0 Å². The normalized spacial score (nSPS) is 28.7. The Morgan fingerprint density at radius 1 is 1.44 bits per heavy atom. The molecule has 4 rings (SSSR count). The van der Waals surface area contributed by atoms with Crippen LogP contribution in [0.1, 0.15) is 26.7 Å². The summed E-state index contributed by atoms with van der Waals surface area (Å²) in [4.78, 5) is 4.17. The first-order valence-corrected chi connectivity index (χ1v) is 6.58. The van der Waals surface area contributed by atoms with Gasteiger partial charge in [0.25, 0.3) is 0 Å². The smallest absolute Gasteiger partial charge is 0.146 e. The molecular formula is C15H19N3. The molecule has 3 nitrogen and oxygen atoms in total. The van der Waals surface area contributed by atoms with Crippen LogP contribution < -0.4 is 5.43 Å². The third-order valence-corrected chi connectivity index (χ3v) is 4.57. The first kappa shape index (κ1) is 11.5. The van der Waals surface area contributed by atoms with Gasteiger partial charge in [0.15, 0.2) is 0 Å². The maximum absolute atomic E-state index is 4.30. The zero-order chi connectivity index (χ0) is 12.6. The second-order valence-corrected chi connectivity index (χ2v) is 5.83. The zero-order valence-electron chi connectivity index (χ0n) is 10.9. The summed E-state index contributed by atoms with van der Waals surface area (Å²) in [5, 5.41) is 4.30. The Balaban J connectivity index is 1.65. The van der Waals surface area contributed by atoms with Gasteiger partial charge in [-0.1, -0.05) is 26.0 Å². The van der Waals surface area contributed by atoms with E-state index in [9.17, 15) is 0 Å². The van der Waals surface area contributed by atoms with Crippen LogP contribution in [0.3, 0.4) is 0 Å². The van der Waals surface area contributed by atoms with Gasteiger partial charge in [0, 0.05) is 6.20 Å². The van der Waals surface area contributed by atoms with Gasteiger partial charge in [-0.25, -0.2) is 4.98 Å². The summed E-state index contributed by atoms with van der Waals surface area (Å²) < 4.78 is 0. The number of hydrogen-bond donors (Lipinski definition) is 1. The van der Waals surface area contributed by atoms with Crippen molar-refractivity contribution in [3.8, 4) is 0 Å². The van der Waals surface area contributed by atoms with Gasteiger partial charge in [-0.2, -0.15) is 5.10 Å². The minimum absolute atomic E-state index is 0.459. The number of aromatic nitrogens is 1. The minimum Gasteiger partial charge on any atom is -0.261 e. The zero-order valence-corrected chi connectivity index (χ0v) is 10.9. The van der Waals surface area contributed by atoms with Crippen LogP contribution in [0.15, 0.2) is 41.1 Å². The van der Waals surface area contributed by atoms with Crippen LogP contribution in [0, 0.1) is 17.3 Å². The monoisotopic (exact) mass is 241 g/mol. The van der Waals surface area contributed by atoms with Gasteiger partial charge in [-0.05, 0) is 47.8 Å². The summed E-state index contributed by atoms with van der Waals surface area (Å²) in [6.07, 6.45) is 8.60. The molecule has 1 aromatic rings. The molecule has 2 bridgehead atoms. The van der Waals surface area contributed by atoms with E-state index in [4.69, 9.17) is 0 Å². The van der Waals surface area contributed by atoms with Crippen molar-refractivity contribution < 1.29 is 0 Å². The van der Waals surface area contributed by atoms with Crippen molar-refractivity contribution in [2.75, 3.05) is 5.43 Å². The number of rotatable bonds is 3. The Kier molecular flexibility index (Phi) is 2.69. The maximum Gasteiger partial charge on any atom is 0.146 e. The first-order valence-electron chi connectivity index (χ1n) is 6.58. The highest BCUT2D eigenvalue weighted by atomic mass is 15.3. The number of nitrogens with one attached hydrogen (secondary N) is 1. The van der Waals surface area contributed by atoms with Crippen LogP contribution in [-0.4, -0.2) is 11.2 Å². The highest BCUT2D eigenvalue weighted by molar-refractivity contribution is 5.81. The molecule has 3 heteroatoms. The lowest BCUT2D eigenvalue weighted by Crippen LogP contribution is -2.48. The lowest BCUT2D eigenvalue weighted by molar-refractivity contribution is -0.00124. The van der Waals surface area contributed by atoms with E-state index in [1.807, 2.05) is 24.4 Å². The second-order valence-electron chi connectivity index (χ2n) is 5.83. The van der Waals surface area contributed by atoms with Crippen LogP contribution in [0.5, 0.6) is 0 Å². The van der Waals surface area contributed by atoms with Crippen LogP contribution >= 0.6 is 0 Å². The molecule has 0 spiro atoms. The van der Waals surface area contributed by atoms with E-state index in [1.165, 1.54) is 18.4 Å². The van der Waals surface area contributed by atoms with Crippen molar-refractivity contribution in [2.24, 2.45) is 22.4 Å². The molecule has 0 aromatic carbocycles. The molecule has 1 fully saturated rings. The number of hydrazone groups is 1. The summed E-state index contributed by atoms with van der Waals surface area (Å²) in [7, 11) is 0. The van der Waals surface area contributed by atoms with Crippen molar-refractivity contribution in [1.82, 2.24) is 4.98 Å². The summed E-state index contributed by atoms with van der Waals surface area (Å²) >= 11 is 0. The molecule has 0 radical (unpaired) electrons. The average Bonchev–Trinajstić information content (AvgIpc) is 2.40. The first-order chi connectivity index (χ1) is 8.68. The molecule has 1 heterocycles. The lowest BCUT2D eigenvalue weighted by atomic mass is 9.49. The quantitative estimate of drug-likeness (QED) is 0.650. The number of hydrogen-bond acceptors (Lipinski definition) is 3. The van der Waals surface area contributed by atoms with Crippen LogP contribution in [0.25, 0.3) is 0 Å². The van der Waals surface area contributed by atoms with Gasteiger partial charge in [0.2, 0.25) is 0 Å². The van der Waals surface area contributed by atoms with Gasteiger partial charge in [0.05, 0.1) is 6.21 Å². The Morgan fingerprint density at radius 2 is 2.33 bits per heavy atom. The van der Waals surface area contributed by atoms with E-state index in [0.29, 0.717) is 11.3 Å². The van der Waals surface area contributed by atoms with E-state index < -0.39 is 0 Å². The average molecular weight is 241 g/mol. The van der Waals surface area contributed by atoms with Gasteiger partial charge in [-0.3, -0.25) is 5.43 Å². The molecule has 3 aliphatic rings. The van der Waals surface area contributed by atoms with Gasteiger partial charge < -0.3 is 0 Å². The van der Waals surface area contributed by atoms with Crippen LogP contribution in [0.4, 0.5) is 5.82 Å². The van der Waals surface area contributed by atoms with E-state index in [1.54, 1.807) is 6.20 Å².